The molecule has 0 spiro atoms. The number of fused-ring (bicyclic) bond motifs is 1. The van der Waals surface area contributed by atoms with Gasteiger partial charge in [0.15, 0.2) is 0 Å². The fourth-order valence-corrected chi connectivity index (χ4v) is 4.75. The van der Waals surface area contributed by atoms with E-state index in [4.69, 9.17) is 4.74 Å². The van der Waals surface area contributed by atoms with E-state index in [1.807, 2.05) is 0 Å². The molecule has 1 saturated carbocycles. The Bertz CT molecular complexity index is 488. The number of benzene rings is 1. The van der Waals surface area contributed by atoms with E-state index < -0.39 is 0 Å². The highest BCUT2D eigenvalue weighted by molar-refractivity contribution is 5.15. The topological polar surface area (TPSA) is 15.7 Å². The molecule has 4 rings (SSSR count). The Morgan fingerprint density at radius 3 is 2.42 bits per heavy atom. The highest BCUT2D eigenvalue weighted by Crippen LogP contribution is 2.51. The normalized spacial score (nSPS) is 30.4. The molecule has 3 nitrogen and oxygen atoms in total. The van der Waals surface area contributed by atoms with Crippen LogP contribution in [0.2, 0.25) is 0 Å². The molecule has 1 aromatic rings. The molecular formula is C21H32N2O. The second-order valence-corrected chi connectivity index (χ2v) is 8.00. The van der Waals surface area contributed by atoms with Crippen LogP contribution in [0.1, 0.15) is 31.2 Å². The first-order chi connectivity index (χ1) is 11.9. The summed E-state index contributed by atoms with van der Waals surface area (Å²) < 4.78 is 5.99. The minimum atomic E-state index is 0.854. The summed E-state index contributed by atoms with van der Waals surface area (Å²) >= 11 is 0. The van der Waals surface area contributed by atoms with Crippen LogP contribution in [0.5, 0.6) is 0 Å². The number of hydrogen-bond donors (Lipinski definition) is 0. The van der Waals surface area contributed by atoms with Crippen molar-refractivity contribution in [1.29, 1.82) is 0 Å². The Morgan fingerprint density at radius 2 is 1.67 bits per heavy atom. The molecule has 0 aromatic heterocycles. The summed E-state index contributed by atoms with van der Waals surface area (Å²) in [5.74, 6) is 2.68. The standard InChI is InChI=1S/C21H32N2O/c1-3-8-18(9-4-1)14-23-15-19-20(16-23)21(19)17-24-13-7-12-22-10-5-2-6-11-22/h1,3-4,8-9,19-21H,2,5-7,10-17H2/t19-,20+,21-. The number of likely N-dealkylation sites (tertiary alicyclic amines) is 2. The molecule has 0 radical (unpaired) electrons. The third-order valence-electron chi connectivity index (χ3n) is 6.22. The summed E-state index contributed by atoms with van der Waals surface area (Å²) in [6, 6.07) is 10.9. The van der Waals surface area contributed by atoms with Crippen LogP contribution >= 0.6 is 0 Å². The molecule has 2 heterocycles. The zero-order valence-corrected chi connectivity index (χ0v) is 14.9. The third-order valence-corrected chi connectivity index (χ3v) is 6.22. The molecule has 24 heavy (non-hydrogen) atoms. The summed E-state index contributed by atoms with van der Waals surface area (Å²) in [6.45, 7) is 9.51. The van der Waals surface area contributed by atoms with Crippen molar-refractivity contribution in [2.24, 2.45) is 17.8 Å². The maximum absolute atomic E-state index is 5.99. The lowest BCUT2D eigenvalue weighted by atomic mass is 10.1. The van der Waals surface area contributed by atoms with Gasteiger partial charge in [0.2, 0.25) is 0 Å². The van der Waals surface area contributed by atoms with Crippen LogP contribution in [0.3, 0.4) is 0 Å². The predicted octanol–water partition coefficient (Wildman–Crippen LogP) is 3.26. The Balaban J connectivity index is 1.06. The molecule has 2 aliphatic heterocycles. The Hall–Kier alpha value is -0.900. The Labute approximate surface area is 147 Å². The molecule has 3 heteroatoms. The molecule has 0 amide bonds. The number of rotatable bonds is 8. The van der Waals surface area contributed by atoms with Crippen LogP contribution in [0.25, 0.3) is 0 Å². The van der Waals surface area contributed by atoms with Gasteiger partial charge in [0, 0.05) is 32.8 Å². The van der Waals surface area contributed by atoms with Gasteiger partial charge in [-0.3, -0.25) is 4.90 Å². The lowest BCUT2D eigenvalue weighted by Gasteiger charge is -2.26. The average molecular weight is 329 g/mol. The van der Waals surface area contributed by atoms with E-state index in [9.17, 15) is 0 Å². The van der Waals surface area contributed by atoms with Gasteiger partial charge >= 0.3 is 0 Å². The first kappa shape index (κ1) is 16.6. The third kappa shape index (κ3) is 4.19. The van der Waals surface area contributed by atoms with Crippen molar-refractivity contribution in [3.8, 4) is 0 Å². The number of nitrogens with zero attached hydrogens (tertiary/aromatic N) is 2. The molecule has 1 aromatic carbocycles. The fourth-order valence-electron chi connectivity index (χ4n) is 4.75. The fraction of sp³-hybridized carbons (Fsp3) is 0.714. The van der Waals surface area contributed by atoms with Gasteiger partial charge in [-0.2, -0.15) is 0 Å². The van der Waals surface area contributed by atoms with E-state index in [2.05, 4.69) is 40.1 Å². The maximum atomic E-state index is 5.99. The zero-order chi connectivity index (χ0) is 16.2. The zero-order valence-electron chi connectivity index (χ0n) is 14.9. The van der Waals surface area contributed by atoms with Gasteiger partial charge in [-0.15, -0.1) is 0 Å². The average Bonchev–Trinajstić information content (AvgIpc) is 3.08. The first-order valence-corrected chi connectivity index (χ1v) is 9.96. The number of ether oxygens (including phenoxy) is 1. The quantitative estimate of drug-likeness (QED) is 0.681. The van der Waals surface area contributed by atoms with Crippen molar-refractivity contribution >= 4 is 0 Å². The minimum Gasteiger partial charge on any atom is -0.381 e. The van der Waals surface area contributed by atoms with Gasteiger partial charge in [0.25, 0.3) is 0 Å². The van der Waals surface area contributed by atoms with Gasteiger partial charge in [-0.25, -0.2) is 0 Å². The SMILES string of the molecule is c1ccc(CN2C[C@@H]3[C@H](COCCCN4CCCCC4)[C@@H]3C2)cc1. The van der Waals surface area contributed by atoms with Crippen molar-refractivity contribution in [2.75, 3.05) is 45.9 Å². The van der Waals surface area contributed by atoms with Gasteiger partial charge < -0.3 is 9.64 Å². The van der Waals surface area contributed by atoms with E-state index in [0.717, 1.165) is 37.5 Å². The van der Waals surface area contributed by atoms with Crippen LogP contribution < -0.4 is 0 Å². The Kier molecular flexibility index (Phi) is 5.51. The predicted molar refractivity (Wildman–Crippen MR) is 97.9 cm³/mol. The molecular weight excluding hydrogens is 296 g/mol. The summed E-state index contributed by atoms with van der Waals surface area (Å²) in [6.07, 6.45) is 5.43. The molecule has 2 saturated heterocycles. The van der Waals surface area contributed by atoms with Crippen molar-refractivity contribution < 1.29 is 4.74 Å². The smallest absolute Gasteiger partial charge is 0.0500 e. The first-order valence-electron chi connectivity index (χ1n) is 9.96. The summed E-state index contributed by atoms with van der Waals surface area (Å²) in [4.78, 5) is 5.23. The molecule has 0 N–H and O–H groups in total. The largest absolute Gasteiger partial charge is 0.381 e. The van der Waals surface area contributed by atoms with Gasteiger partial charge in [-0.1, -0.05) is 36.8 Å². The molecule has 3 fully saturated rings. The van der Waals surface area contributed by atoms with E-state index >= 15 is 0 Å². The molecule has 132 valence electrons. The van der Waals surface area contributed by atoms with E-state index in [1.54, 1.807) is 0 Å². The van der Waals surface area contributed by atoms with Crippen molar-refractivity contribution in [3.63, 3.8) is 0 Å². The van der Waals surface area contributed by atoms with Crippen LogP contribution in [0, 0.1) is 17.8 Å². The van der Waals surface area contributed by atoms with Crippen molar-refractivity contribution in [1.82, 2.24) is 9.80 Å². The van der Waals surface area contributed by atoms with Gasteiger partial charge in [-0.05, 0) is 55.7 Å². The highest BCUT2D eigenvalue weighted by atomic mass is 16.5. The van der Waals surface area contributed by atoms with Gasteiger partial charge in [0.1, 0.15) is 0 Å². The van der Waals surface area contributed by atoms with Crippen LogP contribution in [-0.4, -0.2) is 55.7 Å². The summed E-state index contributed by atoms with van der Waals surface area (Å²) in [5, 5.41) is 0. The van der Waals surface area contributed by atoms with Crippen molar-refractivity contribution in [3.05, 3.63) is 35.9 Å². The second-order valence-electron chi connectivity index (χ2n) is 8.00. The molecule has 3 aliphatic rings. The molecule has 3 atom stereocenters. The molecule has 0 unspecified atom stereocenters. The minimum absolute atomic E-state index is 0.854. The summed E-state index contributed by atoms with van der Waals surface area (Å²) in [5.41, 5.74) is 1.45. The van der Waals surface area contributed by atoms with E-state index in [0.29, 0.717) is 0 Å². The maximum Gasteiger partial charge on any atom is 0.0500 e. The van der Waals surface area contributed by atoms with Crippen molar-refractivity contribution in [2.45, 2.75) is 32.2 Å². The Morgan fingerprint density at radius 1 is 0.917 bits per heavy atom. The summed E-state index contributed by atoms with van der Waals surface area (Å²) in [7, 11) is 0. The van der Waals surface area contributed by atoms with Gasteiger partial charge in [0.05, 0.1) is 6.61 Å². The number of hydrogen-bond acceptors (Lipinski definition) is 3. The van der Waals surface area contributed by atoms with E-state index in [1.165, 1.54) is 64.0 Å². The van der Waals surface area contributed by atoms with Crippen LogP contribution in [0.15, 0.2) is 30.3 Å². The lowest BCUT2D eigenvalue weighted by Crippen LogP contribution is -2.31. The van der Waals surface area contributed by atoms with Crippen LogP contribution in [0.4, 0.5) is 0 Å². The highest BCUT2D eigenvalue weighted by Gasteiger charge is 2.55. The number of piperidine rings is 2. The van der Waals surface area contributed by atoms with E-state index in [-0.39, 0.29) is 0 Å². The molecule has 0 bridgehead atoms. The monoisotopic (exact) mass is 328 g/mol. The lowest BCUT2D eigenvalue weighted by molar-refractivity contribution is 0.0967. The second kappa shape index (κ2) is 7.99. The molecule has 1 aliphatic carbocycles. The van der Waals surface area contributed by atoms with Crippen LogP contribution in [-0.2, 0) is 11.3 Å².